The first-order valence-electron chi connectivity index (χ1n) is 36.8. The summed E-state index contributed by atoms with van der Waals surface area (Å²) in [5, 5.41) is 19.7. The highest BCUT2D eigenvalue weighted by Gasteiger charge is 2.23. The van der Waals surface area contributed by atoms with Gasteiger partial charge < -0.3 is 22.7 Å². The molecule has 0 fully saturated rings. The highest BCUT2D eigenvalue weighted by molar-refractivity contribution is 6.17. The highest BCUT2D eigenvalue weighted by Crippen LogP contribution is 2.45. The van der Waals surface area contributed by atoms with Crippen LogP contribution < -0.4 is 0 Å². The zero-order valence-electron chi connectivity index (χ0n) is 58.1. The molecule has 0 amide bonds. The Morgan fingerprint density at radius 2 is 0.505 bits per heavy atom. The van der Waals surface area contributed by atoms with E-state index in [1.165, 1.54) is 176 Å². The van der Waals surface area contributed by atoms with E-state index in [0.29, 0.717) is 0 Å². The van der Waals surface area contributed by atoms with E-state index in [4.69, 9.17) is 4.42 Å². The molecule has 0 spiro atoms. The van der Waals surface area contributed by atoms with Crippen molar-refractivity contribution < 1.29 is 4.42 Å². The quantitative estimate of drug-likeness (QED) is 0.149. The maximum atomic E-state index is 6.32. The van der Waals surface area contributed by atoms with Gasteiger partial charge in [0.05, 0.1) is 49.8 Å². The fourth-order valence-corrected chi connectivity index (χ4v) is 17.4. The first-order valence-corrected chi connectivity index (χ1v) is 36.8. The van der Waals surface area contributed by atoms with E-state index in [0.717, 1.165) is 33.2 Å². The third kappa shape index (κ3) is 9.72. The van der Waals surface area contributed by atoms with Gasteiger partial charge in [0.15, 0.2) is 0 Å². The van der Waals surface area contributed by atoms with E-state index in [9.17, 15) is 0 Å². The second-order valence-corrected chi connectivity index (χ2v) is 28.3. The summed E-state index contributed by atoms with van der Waals surface area (Å²) in [4.78, 5) is 0. The van der Waals surface area contributed by atoms with E-state index in [-0.39, 0.29) is 0 Å². The predicted octanol–water partition coefficient (Wildman–Crippen LogP) is 27.8. The van der Waals surface area contributed by atoms with Crippen molar-refractivity contribution in [1.29, 1.82) is 0 Å². The summed E-state index contributed by atoms with van der Waals surface area (Å²) in [6.07, 6.45) is 0. The second-order valence-electron chi connectivity index (χ2n) is 28.3. The molecule has 0 atom stereocenters. The molecule has 0 saturated heterocycles. The predicted molar refractivity (Wildman–Crippen MR) is 452 cm³/mol. The molecule has 0 N–H and O–H groups in total. The van der Waals surface area contributed by atoms with Gasteiger partial charge in [-0.05, 0) is 205 Å². The maximum absolute atomic E-state index is 6.32. The Kier molecular flexibility index (Phi) is 13.6. The van der Waals surface area contributed by atoms with Gasteiger partial charge in [0.2, 0.25) is 0 Å². The molecule has 0 unspecified atom stereocenters. The lowest BCUT2D eigenvalue weighted by atomic mass is 9.97. The zero-order chi connectivity index (χ0) is 70.2. The first-order chi connectivity index (χ1) is 53.0. The first kappa shape index (κ1) is 60.3. The van der Waals surface area contributed by atoms with E-state index < -0.39 is 0 Å². The minimum atomic E-state index is 0.901. The molecule has 0 aliphatic rings. The molecule has 0 aliphatic carbocycles. The third-order valence-electron chi connectivity index (χ3n) is 22.4. The fourth-order valence-electron chi connectivity index (χ4n) is 17.4. The number of hydrogen-bond donors (Lipinski definition) is 0. The van der Waals surface area contributed by atoms with Gasteiger partial charge >= 0.3 is 0 Å². The van der Waals surface area contributed by atoms with Crippen LogP contribution in [0.5, 0.6) is 0 Å². The van der Waals surface area contributed by atoms with Crippen LogP contribution in [0.25, 0.3) is 209 Å². The number of fused-ring (bicyclic) bond motifs is 18. The lowest BCUT2D eigenvalue weighted by Crippen LogP contribution is -1.97. The minimum absolute atomic E-state index is 0.901. The lowest BCUT2D eigenvalue weighted by Gasteiger charge is -2.15. The molecule has 23 rings (SSSR count). The molecular weight excluding hydrogens is 1300 g/mol. The summed E-state index contributed by atoms with van der Waals surface area (Å²) in [7, 11) is 0. The van der Waals surface area contributed by atoms with Gasteiger partial charge in [0, 0.05) is 76.5 Å². The Morgan fingerprint density at radius 1 is 0.168 bits per heavy atom. The summed E-state index contributed by atoms with van der Waals surface area (Å²) >= 11 is 0. The molecule has 0 bridgehead atoms. The number of rotatable bonds is 8. The molecule has 0 aliphatic heterocycles. The summed E-state index contributed by atoms with van der Waals surface area (Å²) in [6.45, 7) is 0. The van der Waals surface area contributed by atoms with Gasteiger partial charge in [-0.15, -0.1) is 0 Å². The SMILES string of the molecule is c1ccc(-c2ccc3ccc(-n4c5ccccc5c5cc(-c6ccc7c(c6)c6ccccc6n7-c6ccc7ccccc7c6)ccc54)cc3c2)cc1.c1ccc(-n2c3ccccc3c3cc(-c4ccc5c(c4)c4ccccc4n5-c4ccc5ccccc5c4)ccc32)c(-c2cccc3oc4ccccc4c23)c1. The van der Waals surface area contributed by atoms with Gasteiger partial charge in [-0.1, -0.05) is 255 Å². The van der Waals surface area contributed by atoms with Gasteiger partial charge in [-0.2, -0.15) is 0 Å². The van der Waals surface area contributed by atoms with Crippen LogP contribution in [-0.2, 0) is 0 Å². The van der Waals surface area contributed by atoms with Crippen LogP contribution in [0.3, 0.4) is 0 Å². The van der Waals surface area contributed by atoms with E-state index in [1.54, 1.807) is 0 Å². The second kappa shape index (κ2) is 24.2. The van der Waals surface area contributed by atoms with Crippen molar-refractivity contribution in [3.8, 4) is 67.3 Å². The molecule has 18 aromatic carbocycles. The van der Waals surface area contributed by atoms with Crippen LogP contribution in [0.1, 0.15) is 0 Å². The Labute approximate surface area is 615 Å². The van der Waals surface area contributed by atoms with Gasteiger partial charge in [-0.3, -0.25) is 0 Å². The fraction of sp³-hybridized carbons (Fsp3) is 0. The van der Waals surface area contributed by atoms with Crippen LogP contribution in [0, 0.1) is 0 Å². The number of para-hydroxylation sites is 6. The standard InChI is InChI=1S/C52H32N2O.C50H32N2/c1-2-13-34-30-37(27-24-33(34)12-1)53-45-19-7-4-15-39(45)43-31-35(25-28-48(43)53)36-26-29-49-44(32-36)40-16-5-9-21-47(40)54(49)46-20-8-3-14-38(46)41-18-11-23-51-52(41)42-17-6-10-22-50(42)55-51;1-2-10-33(11-3-1)37-19-18-35-21-25-42(30-40(35)28-37)52-48-17-9-7-15-44(48)46-32-39(23-27-50(46)52)38-22-26-49-45(31-38)43-14-6-8-16-47(43)51(49)41-24-20-34-12-4-5-13-36(34)29-41/h1-32H;1-32H. The van der Waals surface area contributed by atoms with Crippen LogP contribution in [0.4, 0.5) is 0 Å². The van der Waals surface area contributed by atoms with Crippen molar-refractivity contribution in [2.45, 2.75) is 0 Å². The smallest absolute Gasteiger partial charge is 0.136 e. The Morgan fingerprint density at radius 3 is 1.01 bits per heavy atom. The number of furan rings is 1. The van der Waals surface area contributed by atoms with Crippen LogP contribution in [0.15, 0.2) is 393 Å². The third-order valence-corrected chi connectivity index (χ3v) is 22.4. The van der Waals surface area contributed by atoms with Crippen molar-refractivity contribution >= 4 is 141 Å². The molecule has 107 heavy (non-hydrogen) atoms. The largest absolute Gasteiger partial charge is 0.456 e. The average molecular weight is 1360 g/mol. The molecule has 5 heteroatoms. The van der Waals surface area contributed by atoms with Crippen molar-refractivity contribution in [2.75, 3.05) is 0 Å². The molecule has 498 valence electrons. The highest BCUT2D eigenvalue weighted by atomic mass is 16.3. The van der Waals surface area contributed by atoms with Gasteiger partial charge in [0.1, 0.15) is 11.2 Å². The van der Waals surface area contributed by atoms with E-state index >= 15 is 0 Å². The number of benzene rings is 18. The normalized spacial score (nSPS) is 11.9. The number of aromatic nitrogens is 4. The average Bonchev–Trinajstić information content (AvgIpc) is 1.60. The van der Waals surface area contributed by atoms with Crippen LogP contribution in [-0.4, -0.2) is 18.3 Å². The molecule has 5 heterocycles. The maximum Gasteiger partial charge on any atom is 0.136 e. The molecule has 23 aromatic rings. The Hall–Kier alpha value is -14.3. The summed E-state index contributed by atoms with van der Waals surface area (Å²) in [5.74, 6) is 0. The monoisotopic (exact) mass is 1360 g/mol. The van der Waals surface area contributed by atoms with Crippen LogP contribution >= 0.6 is 0 Å². The number of nitrogens with zero attached hydrogens (tertiary/aromatic N) is 4. The molecule has 0 radical (unpaired) electrons. The summed E-state index contributed by atoms with van der Waals surface area (Å²) < 4.78 is 16.0. The van der Waals surface area contributed by atoms with Crippen molar-refractivity contribution in [3.63, 3.8) is 0 Å². The lowest BCUT2D eigenvalue weighted by molar-refractivity contribution is 0.669. The van der Waals surface area contributed by atoms with Gasteiger partial charge in [0.25, 0.3) is 0 Å². The molecular formula is C102H64N4O. The minimum Gasteiger partial charge on any atom is -0.456 e. The zero-order valence-corrected chi connectivity index (χ0v) is 58.1. The van der Waals surface area contributed by atoms with Gasteiger partial charge in [-0.25, -0.2) is 0 Å². The topological polar surface area (TPSA) is 32.9 Å². The van der Waals surface area contributed by atoms with Crippen molar-refractivity contribution in [3.05, 3.63) is 388 Å². The van der Waals surface area contributed by atoms with Crippen LogP contribution in [0.2, 0.25) is 0 Å². The Bertz CT molecular complexity index is 7580. The van der Waals surface area contributed by atoms with Crippen molar-refractivity contribution in [1.82, 2.24) is 18.3 Å². The summed E-state index contributed by atoms with van der Waals surface area (Å²) in [6, 6.07) is 141. The van der Waals surface area contributed by atoms with Crippen molar-refractivity contribution in [2.24, 2.45) is 0 Å². The van der Waals surface area contributed by atoms with E-state index in [2.05, 4.69) is 400 Å². The van der Waals surface area contributed by atoms with E-state index in [1.807, 2.05) is 6.07 Å². The number of hydrogen-bond acceptors (Lipinski definition) is 1. The summed E-state index contributed by atoms with van der Waals surface area (Å²) in [5.41, 5.74) is 25.7. The molecule has 0 saturated carbocycles. The Balaban J connectivity index is 0.000000133. The molecule has 5 nitrogen and oxygen atoms in total. The molecule has 5 aromatic heterocycles.